The second-order valence-corrected chi connectivity index (χ2v) is 14.5. The number of hydrogen-bond acceptors (Lipinski definition) is 18. The van der Waals surface area contributed by atoms with Crippen molar-refractivity contribution >= 4 is 78.1 Å². The summed E-state index contributed by atoms with van der Waals surface area (Å²) in [4.78, 5) is 53.6. The number of nitrogens with two attached hydrogens (primary N) is 2. The highest BCUT2D eigenvalue weighted by atomic mass is 32.7. The largest absolute Gasteiger partial charge is 0.387 e. The van der Waals surface area contributed by atoms with E-state index in [1.165, 1.54) is 17.2 Å². The summed E-state index contributed by atoms with van der Waals surface area (Å²) in [5, 5.41) is 11.0. The third kappa shape index (κ3) is 6.28. The van der Waals surface area contributed by atoms with E-state index in [9.17, 15) is 23.8 Å². The monoisotopic (exact) mass is 705 g/mol. The van der Waals surface area contributed by atoms with Gasteiger partial charge in [0.05, 0.1) is 31.6 Å². The van der Waals surface area contributed by atoms with Gasteiger partial charge >= 0.3 is 19.9 Å². The van der Waals surface area contributed by atoms with Gasteiger partial charge in [-0.15, -0.1) is 0 Å². The number of aliphatic hydroxyl groups is 1. The molecule has 2 aliphatic heterocycles. The molecule has 4 aromatic heterocycles. The lowest BCUT2D eigenvalue weighted by atomic mass is 10.1. The Morgan fingerprint density at radius 2 is 1.87 bits per heavy atom. The number of imidazole rings is 1. The van der Waals surface area contributed by atoms with E-state index in [-0.39, 0.29) is 35.0 Å². The summed E-state index contributed by atoms with van der Waals surface area (Å²) in [6.45, 7) is -5.28. The molecule has 0 spiro atoms. The Bertz CT molecular complexity index is 1870. The van der Waals surface area contributed by atoms with Crippen molar-refractivity contribution in [3.05, 3.63) is 28.6 Å². The van der Waals surface area contributed by atoms with Crippen molar-refractivity contribution in [3.63, 3.8) is 0 Å². The first-order valence-corrected chi connectivity index (χ1v) is 17.7. The molecule has 0 saturated carbocycles. The summed E-state index contributed by atoms with van der Waals surface area (Å²) in [6.07, 6.45) is -2.94. The van der Waals surface area contributed by atoms with Crippen LogP contribution in [0.3, 0.4) is 0 Å². The molecule has 2 saturated heterocycles. The molecule has 24 heteroatoms. The number of nitrogen functional groups attached to an aromatic ring is 2. The van der Waals surface area contributed by atoms with E-state index in [2.05, 4.69) is 37.2 Å². The molecule has 0 aromatic carbocycles. The number of ether oxygens (including phenoxy) is 2. The van der Waals surface area contributed by atoms with Crippen molar-refractivity contribution in [3.8, 4) is 0 Å². The normalized spacial score (nSPS) is 28.9. The Kier molecular flexibility index (Phi) is 9.07. The molecular weight excluding hydrogens is 680 g/mol. The quantitative estimate of drug-likeness (QED) is 0.0783. The van der Waals surface area contributed by atoms with Crippen LogP contribution in [0, 0.1) is 5.92 Å². The third-order valence-corrected chi connectivity index (χ3v) is 10.1. The lowest BCUT2D eigenvalue weighted by molar-refractivity contribution is -0.114. The molecule has 6 heterocycles. The SMILES string of the molecule is Nc1ncnc2c1ncn2[C@@H]1OC(CO[P@](=O)(S)O[C@@H]2C(O)C(CO[PH](=O)O)O[C@H]2n2c(=O)sc3c(N)ncnc32)CC1C=O. The highest BCUT2D eigenvalue weighted by Gasteiger charge is 2.50. The van der Waals surface area contributed by atoms with E-state index in [1.807, 2.05) is 0 Å². The number of nitrogens with zero attached hydrogens (tertiary/aromatic N) is 7. The van der Waals surface area contributed by atoms with Crippen LogP contribution in [0.2, 0.25) is 0 Å². The van der Waals surface area contributed by atoms with Crippen LogP contribution in [0.25, 0.3) is 21.5 Å². The molecule has 2 fully saturated rings. The molecule has 5 unspecified atom stereocenters. The van der Waals surface area contributed by atoms with E-state index in [0.717, 1.165) is 10.9 Å². The highest BCUT2D eigenvalue weighted by molar-refractivity contribution is 8.44. The third-order valence-electron chi connectivity index (χ3n) is 7.11. The predicted octanol–water partition coefficient (Wildman–Crippen LogP) is 0.0565. The number of hydrogen-bond donors (Lipinski definition) is 5. The smallest absolute Gasteiger partial charge is 0.386 e. The number of carbonyl (C=O) groups excluding carboxylic acids is 1. The maximum Gasteiger partial charge on any atom is 0.386 e. The van der Waals surface area contributed by atoms with E-state index < -0.39 is 69.3 Å². The van der Waals surface area contributed by atoms with Crippen LogP contribution >= 0.6 is 38.6 Å². The Hall–Kier alpha value is -2.88. The maximum absolute atomic E-state index is 13.5. The average molecular weight is 706 g/mol. The molecule has 0 bridgehead atoms. The number of rotatable bonds is 11. The van der Waals surface area contributed by atoms with Gasteiger partial charge in [-0.05, 0) is 6.42 Å². The fraction of sp³-hybridized carbons (Fsp3) is 0.476. The first-order valence-electron chi connectivity index (χ1n) is 13.0. The summed E-state index contributed by atoms with van der Waals surface area (Å²) in [5.74, 6) is -0.492. The molecule has 6 rings (SSSR count). The number of aromatic nitrogens is 7. The average Bonchev–Trinajstić information content (AvgIpc) is 3.75. The first-order chi connectivity index (χ1) is 21.5. The van der Waals surface area contributed by atoms with Gasteiger partial charge in [0, 0.05) is 0 Å². The molecule has 20 nitrogen and oxygen atoms in total. The molecule has 0 aliphatic carbocycles. The van der Waals surface area contributed by atoms with Crippen molar-refractivity contribution in [2.75, 3.05) is 24.7 Å². The first kappa shape index (κ1) is 32.1. The Balaban J connectivity index is 1.20. The van der Waals surface area contributed by atoms with Crippen LogP contribution < -0.4 is 16.3 Å². The summed E-state index contributed by atoms with van der Waals surface area (Å²) in [6, 6.07) is 0. The molecule has 6 N–H and O–H groups in total. The second-order valence-electron chi connectivity index (χ2n) is 9.88. The van der Waals surface area contributed by atoms with Crippen LogP contribution in [0.5, 0.6) is 0 Å². The molecular formula is C21H25N9O11P2S2. The minimum atomic E-state index is -4.36. The van der Waals surface area contributed by atoms with Crippen molar-refractivity contribution in [2.24, 2.45) is 5.92 Å². The highest BCUT2D eigenvalue weighted by Crippen LogP contribution is 2.57. The molecule has 2 aliphatic rings. The standard InChI is InChI=1S/C21H25N9O11P2S2/c22-15-11-17(26-5-24-15)29(7-28-11)19-8(2-31)1-9(39-19)3-38-43(36,44)41-13-12(32)10(4-37-42(34)35)40-20(13)30-18-14(45-21(30)33)16(23)25-6-27-18/h2,5-10,12-13,19-20,32,42H,1,3-4H2,(H,34,35)(H,36,44)(H2,22,24,26)(H2,23,25,27)/t8?,9?,10?,12?,13-,19-,20-,43+/m1/s1. The Morgan fingerprint density at radius 1 is 1.13 bits per heavy atom. The molecule has 45 heavy (non-hydrogen) atoms. The van der Waals surface area contributed by atoms with Crippen LogP contribution in [-0.2, 0) is 37.0 Å². The zero-order valence-electron chi connectivity index (χ0n) is 22.6. The number of anilines is 2. The summed E-state index contributed by atoms with van der Waals surface area (Å²) in [7, 11) is -3.41. The number of thiazole rings is 1. The molecule has 0 radical (unpaired) electrons. The fourth-order valence-corrected chi connectivity index (χ4v) is 7.77. The van der Waals surface area contributed by atoms with E-state index in [0.29, 0.717) is 28.8 Å². The molecule has 4 aromatic rings. The van der Waals surface area contributed by atoms with Crippen LogP contribution in [0.15, 0.2) is 23.8 Å². The van der Waals surface area contributed by atoms with Gasteiger partial charge in [-0.2, -0.15) is 0 Å². The molecule has 9 atom stereocenters. The van der Waals surface area contributed by atoms with Crippen molar-refractivity contribution in [1.82, 2.24) is 34.1 Å². The van der Waals surface area contributed by atoms with Gasteiger partial charge in [0.15, 0.2) is 23.3 Å². The van der Waals surface area contributed by atoms with Crippen LogP contribution in [0.4, 0.5) is 11.6 Å². The van der Waals surface area contributed by atoms with Gasteiger partial charge < -0.3 is 40.3 Å². The fourth-order valence-electron chi connectivity index (χ4n) is 5.12. The number of thiol groups is 1. The van der Waals surface area contributed by atoms with E-state index >= 15 is 0 Å². The predicted molar refractivity (Wildman–Crippen MR) is 158 cm³/mol. The van der Waals surface area contributed by atoms with Gasteiger partial charge in [0.1, 0.15) is 59.5 Å². The lowest BCUT2D eigenvalue weighted by Gasteiger charge is -2.25. The summed E-state index contributed by atoms with van der Waals surface area (Å²) >= 11 is 4.76. The zero-order chi connectivity index (χ0) is 32.0. The van der Waals surface area contributed by atoms with E-state index in [4.69, 9.17) is 39.4 Å². The number of aliphatic hydroxyl groups excluding tert-OH is 1. The topological polar surface area (TPSA) is 281 Å². The minimum Gasteiger partial charge on any atom is -0.387 e. The molecule has 0 amide bonds. The summed E-state index contributed by atoms with van der Waals surface area (Å²) in [5.41, 5.74) is 12.5. The second kappa shape index (κ2) is 12.7. The Morgan fingerprint density at radius 3 is 2.60 bits per heavy atom. The van der Waals surface area contributed by atoms with Crippen LogP contribution in [0.1, 0.15) is 18.9 Å². The van der Waals surface area contributed by atoms with Crippen molar-refractivity contribution in [1.29, 1.82) is 0 Å². The lowest BCUT2D eigenvalue weighted by Crippen LogP contribution is -2.36. The van der Waals surface area contributed by atoms with Crippen LogP contribution in [-0.4, -0.2) is 88.0 Å². The number of fused-ring (bicyclic) bond motifs is 2. The van der Waals surface area contributed by atoms with Crippen molar-refractivity contribution in [2.45, 2.75) is 43.3 Å². The van der Waals surface area contributed by atoms with Gasteiger partial charge in [-0.3, -0.25) is 27.5 Å². The summed E-state index contributed by atoms with van der Waals surface area (Å²) < 4.78 is 55.1. The zero-order valence-corrected chi connectivity index (χ0v) is 26.2. The minimum absolute atomic E-state index is 0.0157. The molecule has 242 valence electrons. The van der Waals surface area contributed by atoms with Crippen molar-refractivity contribution < 1.29 is 47.0 Å². The van der Waals surface area contributed by atoms with Gasteiger partial charge in [0.25, 0.3) is 0 Å². The van der Waals surface area contributed by atoms with Gasteiger partial charge in [-0.25, -0.2) is 29.5 Å². The maximum atomic E-state index is 13.5. The van der Waals surface area contributed by atoms with Gasteiger partial charge in [-0.1, -0.05) is 23.6 Å². The number of aldehydes is 1. The van der Waals surface area contributed by atoms with E-state index in [1.54, 1.807) is 0 Å². The van der Waals surface area contributed by atoms with Gasteiger partial charge in [0.2, 0.25) is 0 Å². The number of carbonyl (C=O) groups is 1. The Labute approximate surface area is 261 Å².